The van der Waals surface area contributed by atoms with Crippen molar-refractivity contribution in [1.29, 1.82) is 0 Å². The Morgan fingerprint density at radius 2 is 2.05 bits per heavy atom. The first-order valence-electron chi connectivity index (χ1n) is 5.85. The van der Waals surface area contributed by atoms with E-state index in [-0.39, 0.29) is 18.2 Å². The van der Waals surface area contributed by atoms with Crippen molar-refractivity contribution in [3.8, 4) is 0 Å². The number of benzene rings is 1. The summed E-state index contributed by atoms with van der Waals surface area (Å²) < 4.78 is 1.73. The first-order chi connectivity index (χ1) is 8.99. The van der Waals surface area contributed by atoms with Crippen LogP contribution in [0.2, 0.25) is 10.0 Å². The SMILES string of the molecule is CC(C)n1ncnc1CC(=O)c1ccc(Cl)c(Cl)c1. The van der Waals surface area contributed by atoms with Crippen LogP contribution in [0.25, 0.3) is 0 Å². The van der Waals surface area contributed by atoms with E-state index in [4.69, 9.17) is 23.2 Å². The fourth-order valence-electron chi connectivity index (χ4n) is 1.75. The van der Waals surface area contributed by atoms with Gasteiger partial charge in [0, 0.05) is 11.6 Å². The minimum absolute atomic E-state index is 0.0616. The third kappa shape index (κ3) is 3.14. The fourth-order valence-corrected chi connectivity index (χ4v) is 2.05. The molecule has 0 saturated carbocycles. The number of carbonyl (C=O) groups is 1. The number of aromatic nitrogens is 3. The summed E-state index contributed by atoms with van der Waals surface area (Å²) in [5.41, 5.74) is 0.521. The number of hydrogen-bond donors (Lipinski definition) is 0. The van der Waals surface area contributed by atoms with E-state index in [1.165, 1.54) is 6.33 Å². The molecule has 0 aliphatic heterocycles. The number of ketones is 1. The number of carbonyl (C=O) groups excluding carboxylic acids is 1. The molecule has 0 bridgehead atoms. The van der Waals surface area contributed by atoms with Crippen LogP contribution in [-0.4, -0.2) is 20.5 Å². The molecule has 1 heterocycles. The average Bonchev–Trinajstić information content (AvgIpc) is 2.80. The average molecular weight is 298 g/mol. The van der Waals surface area contributed by atoms with Gasteiger partial charge in [-0.3, -0.25) is 4.79 Å². The highest BCUT2D eigenvalue weighted by molar-refractivity contribution is 6.42. The van der Waals surface area contributed by atoms with Crippen LogP contribution in [0.1, 0.15) is 36.1 Å². The Bertz CT molecular complexity index is 608. The van der Waals surface area contributed by atoms with Gasteiger partial charge in [0.2, 0.25) is 0 Å². The summed E-state index contributed by atoms with van der Waals surface area (Å²) in [6.07, 6.45) is 1.65. The molecule has 0 aliphatic carbocycles. The summed E-state index contributed by atoms with van der Waals surface area (Å²) in [5.74, 6) is 0.583. The van der Waals surface area contributed by atoms with Crippen molar-refractivity contribution >= 4 is 29.0 Å². The highest BCUT2D eigenvalue weighted by Crippen LogP contribution is 2.23. The van der Waals surface area contributed by atoms with Gasteiger partial charge in [0.1, 0.15) is 12.2 Å². The minimum atomic E-state index is -0.0616. The Balaban J connectivity index is 2.21. The Kier molecular flexibility index (Phi) is 4.22. The summed E-state index contributed by atoms with van der Waals surface area (Å²) in [6.45, 7) is 3.98. The molecular formula is C13H13Cl2N3O. The van der Waals surface area contributed by atoms with E-state index in [9.17, 15) is 4.79 Å². The fraction of sp³-hybridized carbons (Fsp3) is 0.308. The molecule has 0 amide bonds. The number of halogens is 2. The van der Waals surface area contributed by atoms with Crippen molar-refractivity contribution in [2.75, 3.05) is 0 Å². The lowest BCUT2D eigenvalue weighted by molar-refractivity contribution is 0.0989. The number of Topliss-reactive ketones (excluding diaryl/α,β-unsaturated/α-hetero) is 1. The van der Waals surface area contributed by atoms with Crippen LogP contribution in [0.3, 0.4) is 0 Å². The topological polar surface area (TPSA) is 47.8 Å². The van der Waals surface area contributed by atoms with Crippen LogP contribution in [0, 0.1) is 0 Å². The lowest BCUT2D eigenvalue weighted by Crippen LogP contribution is -2.13. The van der Waals surface area contributed by atoms with Crippen LogP contribution < -0.4 is 0 Å². The normalized spacial score (nSPS) is 11.0. The monoisotopic (exact) mass is 297 g/mol. The van der Waals surface area contributed by atoms with Crippen LogP contribution in [-0.2, 0) is 6.42 Å². The molecule has 0 spiro atoms. The molecule has 0 aliphatic rings. The van der Waals surface area contributed by atoms with Gasteiger partial charge in [-0.15, -0.1) is 0 Å². The first-order valence-corrected chi connectivity index (χ1v) is 6.61. The van der Waals surface area contributed by atoms with Crippen molar-refractivity contribution in [3.63, 3.8) is 0 Å². The van der Waals surface area contributed by atoms with Gasteiger partial charge in [0.05, 0.1) is 16.5 Å². The van der Waals surface area contributed by atoms with E-state index >= 15 is 0 Å². The zero-order chi connectivity index (χ0) is 14.0. The third-order valence-electron chi connectivity index (χ3n) is 2.70. The van der Waals surface area contributed by atoms with Crippen molar-refractivity contribution in [2.24, 2.45) is 0 Å². The maximum Gasteiger partial charge on any atom is 0.170 e. The lowest BCUT2D eigenvalue weighted by atomic mass is 10.1. The van der Waals surface area contributed by atoms with Gasteiger partial charge in [-0.05, 0) is 32.0 Å². The molecule has 0 unspecified atom stereocenters. The zero-order valence-electron chi connectivity index (χ0n) is 10.6. The predicted molar refractivity (Wildman–Crippen MR) is 74.9 cm³/mol. The van der Waals surface area contributed by atoms with Crippen LogP contribution in [0.15, 0.2) is 24.5 Å². The van der Waals surface area contributed by atoms with Gasteiger partial charge >= 0.3 is 0 Å². The maximum absolute atomic E-state index is 12.2. The first kappa shape index (κ1) is 14.0. The largest absolute Gasteiger partial charge is 0.294 e. The summed E-state index contributed by atoms with van der Waals surface area (Å²) >= 11 is 11.7. The molecular weight excluding hydrogens is 285 g/mol. The van der Waals surface area contributed by atoms with Crippen molar-refractivity contribution in [2.45, 2.75) is 26.3 Å². The third-order valence-corrected chi connectivity index (χ3v) is 3.44. The predicted octanol–water partition coefficient (Wildman–Crippen LogP) is 3.59. The molecule has 1 aromatic carbocycles. The molecule has 0 saturated heterocycles. The molecule has 0 atom stereocenters. The van der Waals surface area contributed by atoms with E-state index in [2.05, 4.69) is 10.1 Å². The minimum Gasteiger partial charge on any atom is -0.294 e. The summed E-state index contributed by atoms with van der Waals surface area (Å²) in [7, 11) is 0. The molecule has 19 heavy (non-hydrogen) atoms. The van der Waals surface area contributed by atoms with E-state index in [0.717, 1.165) is 0 Å². The van der Waals surface area contributed by atoms with E-state index in [0.29, 0.717) is 21.4 Å². The van der Waals surface area contributed by atoms with Gasteiger partial charge < -0.3 is 0 Å². The maximum atomic E-state index is 12.2. The second-order valence-electron chi connectivity index (χ2n) is 4.44. The van der Waals surface area contributed by atoms with Crippen molar-refractivity contribution < 1.29 is 4.79 Å². The number of hydrogen-bond acceptors (Lipinski definition) is 3. The molecule has 100 valence electrons. The Morgan fingerprint density at radius 3 is 2.68 bits per heavy atom. The summed E-state index contributed by atoms with van der Waals surface area (Å²) in [6, 6.07) is 5.01. The van der Waals surface area contributed by atoms with Crippen LogP contribution >= 0.6 is 23.2 Å². The number of rotatable bonds is 4. The van der Waals surface area contributed by atoms with E-state index in [1.54, 1.807) is 22.9 Å². The Morgan fingerprint density at radius 1 is 1.32 bits per heavy atom. The van der Waals surface area contributed by atoms with Gasteiger partial charge in [0.25, 0.3) is 0 Å². The standard InChI is InChI=1S/C13H13Cl2N3O/c1-8(2)18-13(16-7-17-18)6-12(19)9-3-4-10(14)11(15)5-9/h3-5,7-8H,6H2,1-2H3. The smallest absolute Gasteiger partial charge is 0.170 e. The second-order valence-corrected chi connectivity index (χ2v) is 5.26. The molecule has 0 N–H and O–H groups in total. The summed E-state index contributed by atoms with van der Waals surface area (Å²) in [4.78, 5) is 16.3. The molecule has 0 fully saturated rings. The Labute approximate surface area is 121 Å². The van der Waals surface area contributed by atoms with Gasteiger partial charge in [-0.1, -0.05) is 23.2 Å². The second kappa shape index (κ2) is 5.72. The van der Waals surface area contributed by atoms with Gasteiger partial charge in [0.15, 0.2) is 5.78 Å². The quantitative estimate of drug-likeness (QED) is 0.810. The summed E-state index contributed by atoms with van der Waals surface area (Å²) in [5, 5.41) is 4.91. The molecule has 1 aromatic heterocycles. The zero-order valence-corrected chi connectivity index (χ0v) is 12.1. The molecule has 0 radical (unpaired) electrons. The van der Waals surface area contributed by atoms with E-state index < -0.39 is 0 Å². The molecule has 2 rings (SSSR count). The highest BCUT2D eigenvalue weighted by atomic mass is 35.5. The van der Waals surface area contributed by atoms with Crippen molar-refractivity contribution in [3.05, 3.63) is 46.0 Å². The van der Waals surface area contributed by atoms with Gasteiger partial charge in [-0.25, -0.2) is 9.67 Å². The van der Waals surface area contributed by atoms with Crippen molar-refractivity contribution in [1.82, 2.24) is 14.8 Å². The Hall–Kier alpha value is -1.39. The van der Waals surface area contributed by atoms with Crippen LogP contribution in [0.4, 0.5) is 0 Å². The highest BCUT2D eigenvalue weighted by Gasteiger charge is 2.14. The lowest BCUT2D eigenvalue weighted by Gasteiger charge is -2.09. The van der Waals surface area contributed by atoms with E-state index in [1.807, 2.05) is 13.8 Å². The molecule has 6 heteroatoms. The van der Waals surface area contributed by atoms with Crippen LogP contribution in [0.5, 0.6) is 0 Å². The number of nitrogens with zero attached hydrogens (tertiary/aromatic N) is 3. The molecule has 2 aromatic rings. The van der Waals surface area contributed by atoms with Gasteiger partial charge in [-0.2, -0.15) is 5.10 Å². The molecule has 4 nitrogen and oxygen atoms in total.